The van der Waals surface area contributed by atoms with Crippen molar-refractivity contribution in [3.8, 4) is 11.5 Å². The third-order valence-electron chi connectivity index (χ3n) is 14.1. The van der Waals surface area contributed by atoms with Crippen LogP contribution >= 0.6 is 12.4 Å². The molecule has 0 spiro atoms. The van der Waals surface area contributed by atoms with Gasteiger partial charge >= 0.3 is 52.0 Å². The number of halogens is 6. The van der Waals surface area contributed by atoms with Crippen LogP contribution in [0.2, 0.25) is 0 Å². The van der Waals surface area contributed by atoms with E-state index in [2.05, 4.69) is 218 Å². The molecule has 0 unspecified atom stereocenters. The molecule has 2 N–H and O–H groups in total. The van der Waals surface area contributed by atoms with Gasteiger partial charge in [0.15, 0.2) is 69.4 Å². The van der Waals surface area contributed by atoms with Gasteiger partial charge in [0.1, 0.15) is 18.1 Å². The van der Waals surface area contributed by atoms with Gasteiger partial charge in [-0.1, -0.05) is 132 Å². The number of aliphatic hydroxyl groups excluding tert-OH is 1. The second-order valence-electron chi connectivity index (χ2n) is 26.7. The first-order chi connectivity index (χ1) is 43.6. The maximum absolute atomic E-state index is 13.3. The van der Waals surface area contributed by atoms with Gasteiger partial charge in [-0.05, 0) is 163 Å². The largest absolute Gasteiger partial charge is 1.00 e. The molecule has 0 aliphatic heterocycles. The summed E-state index contributed by atoms with van der Waals surface area (Å²) in [6.07, 6.45) is 0. The summed E-state index contributed by atoms with van der Waals surface area (Å²) in [5, 5.41) is 7.36. The van der Waals surface area contributed by atoms with Crippen molar-refractivity contribution in [3.63, 3.8) is 0 Å². The Morgan fingerprint density at radius 1 is 0.531 bits per heavy atom. The molecular weight excluding hydrogens is 1450 g/mol. The van der Waals surface area contributed by atoms with Crippen LogP contribution < -0.4 is 56.0 Å². The summed E-state index contributed by atoms with van der Waals surface area (Å²) in [5.74, 6) is -1.16. The molecule has 0 radical (unpaired) electrons. The molecule has 0 fully saturated rings. The second-order valence-corrected chi connectivity index (χ2v) is 33.8. The molecule has 0 bridgehead atoms. The Morgan fingerprint density at radius 3 is 1.04 bits per heavy atom. The molecule has 0 aromatic heterocycles. The van der Waals surface area contributed by atoms with Crippen molar-refractivity contribution in [1.82, 2.24) is 4.90 Å². The monoisotopic (exact) mass is 1540 g/mol. The first-order valence-corrected chi connectivity index (χ1v) is 35.6. The molecule has 16 nitrogen and oxygen atoms in total. The smallest absolute Gasteiger partial charge is 1.00 e. The normalized spacial score (nSPS) is 11.9. The minimum atomic E-state index is -5.96. The van der Waals surface area contributed by atoms with Gasteiger partial charge in [0.2, 0.25) is 0 Å². The average molecular weight is 1540 g/mol. The summed E-state index contributed by atoms with van der Waals surface area (Å²) in [6.45, 7) is 33.6. The van der Waals surface area contributed by atoms with Crippen molar-refractivity contribution in [2.45, 2.75) is 179 Å². The number of carbonyl (C=O) groups excluding carboxylic acids is 1. The number of esters is 1. The Kier molecular flexibility index (Phi) is 37.6. The number of aliphatic imine (C=N–C) groups is 2. The Hall–Kier alpha value is -4.83. The fourth-order valence-corrected chi connectivity index (χ4v) is 13.5. The van der Waals surface area contributed by atoms with Gasteiger partial charge in [-0.3, -0.25) is 0 Å². The zero-order valence-electron chi connectivity index (χ0n) is 59.7. The van der Waals surface area contributed by atoms with Gasteiger partial charge in [-0.2, -0.15) is 17.6 Å². The number of hydrogen-bond acceptors (Lipinski definition) is 15. The fourth-order valence-electron chi connectivity index (χ4n) is 8.74. The molecule has 0 amide bonds. The number of aryl methyl sites for hydroxylation is 4. The molecule has 6 aromatic rings. The van der Waals surface area contributed by atoms with E-state index < -0.39 is 73.4 Å². The van der Waals surface area contributed by atoms with Crippen molar-refractivity contribution in [3.05, 3.63) is 166 Å². The van der Waals surface area contributed by atoms with Crippen LogP contribution in [-0.2, 0) is 78.0 Å². The minimum Gasteiger partial charge on any atom is -1.00 e. The first-order valence-electron chi connectivity index (χ1n) is 30.3. The van der Waals surface area contributed by atoms with Gasteiger partial charge < -0.3 is 55.4 Å². The van der Waals surface area contributed by atoms with Gasteiger partial charge in [-0.15, -0.1) is 12.4 Å². The molecule has 27 heteroatoms. The molecule has 0 saturated carbocycles. The van der Waals surface area contributed by atoms with Crippen molar-refractivity contribution in [2.24, 2.45) is 9.98 Å². The molecule has 6 rings (SSSR count). The standard InChI is InChI=1S/C32H38F2O6S2.C30H36O3S.C7H15N3.C2H4F2O4S.BrH.ClH.Na/c1-21-17-27(18-22(2)29(21)39-19-28(35)40-20-32(33,34)42(36,37)38)41(25-13-9-23(10-14-25)30(3,4)5)26-15-11-24(12-16-26)31(6,7)8;1-20-17-26(18-21(2)28(20)33-19-27(31)32)34(24-13-9-22(10-14-24)29(3,4)5)25-15-11-23(12-16-25)30(6,7)8;1-4-8-7-9-5-6-10(2)3;3-2(4,1-5)9(6,7)8;;;/h9-18H,19-20H2,1-8H3;9-18H,19H2,1-8H3;4-6H2,1-3H3;5H,1H2,(H,6,7,8);2*1H;/q;;;;;;+1/p-1. The number of aliphatic hydroxyl groups is 1. The predicted molar refractivity (Wildman–Crippen MR) is 374 cm³/mol. The number of carbonyl (C=O) groups is 2. The van der Waals surface area contributed by atoms with E-state index in [1.54, 1.807) is 0 Å². The maximum Gasteiger partial charge on any atom is 1.00 e. The number of hydrogen-bond donors (Lipinski definition) is 2. The molecule has 6 aromatic carbocycles. The van der Waals surface area contributed by atoms with Gasteiger partial charge in [0, 0.05) is 37.4 Å². The van der Waals surface area contributed by atoms with E-state index in [0.29, 0.717) is 11.5 Å². The number of nitrogens with zero attached hydrogens (tertiary/aromatic N) is 3. The van der Waals surface area contributed by atoms with Crippen LogP contribution in [0.1, 0.15) is 135 Å². The SMILES string of the molecule is CCN=C=NCCN(C)C.Cc1cc([S+](c2ccc(C(C)(C)C)cc2)c2ccc(C(C)(C)C)cc2)cc(C)c1OCC(=O)O.Cc1cc([S+](c2ccc(C(C)(C)C)cc2)c2ccc(C(C)(C)C)cc2)cc(C)c1OCC(=O)OCC(F)(F)S(=O)(=O)[O-].Cl.O=S(=O)([O-])C(F)(F)CO.[Br-].[Na+]. The minimum absolute atomic E-state index is 0. The van der Waals surface area contributed by atoms with E-state index in [-0.39, 0.29) is 98.1 Å². The number of alkyl halides is 4. The molecule has 0 saturated heterocycles. The summed E-state index contributed by atoms with van der Waals surface area (Å²) >= 11 is 0. The zero-order chi connectivity index (χ0) is 72.5. The van der Waals surface area contributed by atoms with Crippen molar-refractivity contribution in [2.75, 3.05) is 60.2 Å². The number of ether oxygens (including phenoxy) is 3. The molecule has 538 valence electrons. The first kappa shape index (κ1) is 93.2. The molecular formula is C71H94BrClF4N3NaO13S4. The Bertz CT molecular complexity index is 3660. The summed E-state index contributed by atoms with van der Waals surface area (Å²) in [5.41, 5.74) is 8.65. The molecule has 0 heterocycles. The predicted octanol–water partition coefficient (Wildman–Crippen LogP) is 8.80. The summed E-state index contributed by atoms with van der Waals surface area (Å²) < 4.78 is 125. The van der Waals surface area contributed by atoms with E-state index in [1.807, 2.05) is 60.8 Å². The number of carboxylic acids is 1. The maximum atomic E-state index is 13.3. The van der Waals surface area contributed by atoms with Gasteiger partial charge in [0.05, 0.1) is 34.3 Å². The third kappa shape index (κ3) is 29.3. The number of likely N-dealkylation sites (N-methyl/N-ethyl adjacent to an activating group) is 1. The molecule has 0 aliphatic rings. The van der Waals surface area contributed by atoms with Crippen molar-refractivity contribution < 1.29 is 124 Å². The van der Waals surface area contributed by atoms with Crippen LogP contribution in [0.5, 0.6) is 11.5 Å². The number of carboxylic acid groups (broad SMARTS) is 1. The molecule has 0 atom stereocenters. The molecule has 98 heavy (non-hydrogen) atoms. The van der Waals surface area contributed by atoms with Crippen LogP contribution in [0.15, 0.2) is 161 Å². The van der Waals surface area contributed by atoms with E-state index in [1.165, 1.54) is 36.9 Å². The third-order valence-corrected chi connectivity index (χ3v) is 20.2. The zero-order valence-corrected chi connectivity index (χ0v) is 67.3. The summed E-state index contributed by atoms with van der Waals surface area (Å²) in [4.78, 5) is 39.9. The fraction of sp³-hybridized carbons (Fsp3) is 0.451. The molecule has 0 aliphatic carbocycles. The quantitative estimate of drug-likeness (QED) is 0.0171. The van der Waals surface area contributed by atoms with Crippen molar-refractivity contribution in [1.29, 1.82) is 0 Å². The second kappa shape index (κ2) is 39.6. The topological polar surface area (TPSA) is 245 Å². The van der Waals surface area contributed by atoms with Gasteiger partial charge in [0.25, 0.3) is 0 Å². The van der Waals surface area contributed by atoms with Crippen LogP contribution in [0, 0.1) is 27.7 Å². The Morgan fingerprint density at radius 2 is 0.816 bits per heavy atom. The van der Waals surface area contributed by atoms with Crippen LogP contribution in [0.4, 0.5) is 17.6 Å². The Balaban J connectivity index is 0.00000149. The Labute approximate surface area is 622 Å². The van der Waals surface area contributed by atoms with E-state index in [0.717, 1.165) is 56.6 Å². The van der Waals surface area contributed by atoms with Crippen LogP contribution in [0.3, 0.4) is 0 Å². The summed E-state index contributed by atoms with van der Waals surface area (Å²) in [7, 11) is -8.37. The number of benzene rings is 6. The number of rotatable bonds is 21. The van der Waals surface area contributed by atoms with Crippen LogP contribution in [-0.4, -0.2) is 130 Å². The van der Waals surface area contributed by atoms with E-state index in [4.69, 9.17) is 19.7 Å². The van der Waals surface area contributed by atoms with E-state index >= 15 is 0 Å². The average Bonchev–Trinajstić information content (AvgIpc) is 0.871. The van der Waals surface area contributed by atoms with Gasteiger partial charge in [-0.25, -0.2) is 36.4 Å². The van der Waals surface area contributed by atoms with Crippen LogP contribution in [0.25, 0.3) is 0 Å². The van der Waals surface area contributed by atoms with E-state index in [9.17, 15) is 53.1 Å². The number of aliphatic carboxylic acids is 1. The summed E-state index contributed by atoms with van der Waals surface area (Å²) in [6, 6.07) is 46.1. The van der Waals surface area contributed by atoms with Crippen molar-refractivity contribution >= 4 is 72.4 Å².